The van der Waals surface area contributed by atoms with Gasteiger partial charge in [0.05, 0.1) is 11.8 Å². The number of aryl methyl sites for hydroxylation is 1. The molecule has 2 aliphatic rings. The summed E-state index contributed by atoms with van der Waals surface area (Å²) >= 11 is 0. The summed E-state index contributed by atoms with van der Waals surface area (Å²) in [6.45, 7) is 2.73. The van der Waals surface area contributed by atoms with Gasteiger partial charge < -0.3 is 10.0 Å². The van der Waals surface area contributed by atoms with Gasteiger partial charge in [0.15, 0.2) is 11.6 Å². The van der Waals surface area contributed by atoms with E-state index in [-0.39, 0.29) is 23.9 Å². The van der Waals surface area contributed by atoms with Gasteiger partial charge in [-0.05, 0) is 32.1 Å². The summed E-state index contributed by atoms with van der Waals surface area (Å²) in [4.78, 5) is 10.3. The molecule has 21 heavy (non-hydrogen) atoms. The van der Waals surface area contributed by atoms with E-state index in [9.17, 15) is 9.50 Å². The van der Waals surface area contributed by atoms with E-state index in [1.807, 2.05) is 6.92 Å². The maximum atomic E-state index is 14.5. The van der Waals surface area contributed by atoms with Crippen LogP contribution in [0, 0.1) is 11.7 Å². The first kappa shape index (κ1) is 14.7. The zero-order valence-corrected chi connectivity index (χ0v) is 12.6. The van der Waals surface area contributed by atoms with Crippen molar-refractivity contribution >= 4 is 5.82 Å². The molecule has 1 aromatic heterocycles. The van der Waals surface area contributed by atoms with Crippen molar-refractivity contribution in [3.63, 3.8) is 0 Å². The molecule has 1 N–H and O–H groups in total. The van der Waals surface area contributed by atoms with Gasteiger partial charge in [0.25, 0.3) is 0 Å². The fourth-order valence-corrected chi connectivity index (χ4v) is 3.93. The van der Waals surface area contributed by atoms with Crippen LogP contribution in [0.4, 0.5) is 10.2 Å². The third-order valence-electron chi connectivity index (χ3n) is 5.03. The predicted molar refractivity (Wildman–Crippen MR) is 79.7 cm³/mol. The Labute approximate surface area is 125 Å². The fourth-order valence-electron chi connectivity index (χ4n) is 3.93. The summed E-state index contributed by atoms with van der Waals surface area (Å²) in [5, 5.41) is 10.3. The molecular weight excluding hydrogens is 269 g/mol. The van der Waals surface area contributed by atoms with Crippen molar-refractivity contribution in [3.8, 4) is 0 Å². The number of rotatable bonds is 3. The van der Waals surface area contributed by atoms with Gasteiger partial charge in [-0.2, -0.15) is 0 Å². The number of anilines is 1. The van der Waals surface area contributed by atoms with Gasteiger partial charge in [-0.25, -0.2) is 14.4 Å². The van der Waals surface area contributed by atoms with Crippen molar-refractivity contribution in [2.75, 3.05) is 11.4 Å². The normalized spacial score (nSPS) is 29.9. The first-order valence-corrected chi connectivity index (χ1v) is 8.16. The minimum atomic E-state index is -0.280. The van der Waals surface area contributed by atoms with E-state index in [2.05, 4.69) is 14.9 Å². The Bertz CT molecular complexity index is 496. The summed E-state index contributed by atoms with van der Waals surface area (Å²) in [5.41, 5.74) is 0.481. The number of aromatic nitrogens is 2. The molecule has 0 spiro atoms. The highest BCUT2D eigenvalue weighted by Gasteiger charge is 2.38. The number of hydrogen-bond acceptors (Lipinski definition) is 4. The predicted octanol–water partition coefficient (Wildman–Crippen LogP) is 2.70. The smallest absolute Gasteiger partial charge is 0.187 e. The molecule has 2 heterocycles. The molecule has 1 aliphatic heterocycles. The molecule has 5 heteroatoms. The van der Waals surface area contributed by atoms with Crippen LogP contribution in [-0.4, -0.2) is 33.8 Å². The summed E-state index contributed by atoms with van der Waals surface area (Å²) in [5.74, 6) is 0.403. The summed E-state index contributed by atoms with van der Waals surface area (Å²) < 4.78 is 14.5. The Balaban J connectivity index is 1.87. The Hall–Kier alpha value is -1.23. The molecule has 1 aromatic rings. The lowest BCUT2D eigenvalue weighted by molar-refractivity contribution is 0.0564. The maximum Gasteiger partial charge on any atom is 0.187 e. The molecule has 0 aromatic carbocycles. The minimum absolute atomic E-state index is 0.217. The molecule has 116 valence electrons. The molecule has 0 unspecified atom stereocenters. The molecule has 1 saturated heterocycles. The lowest BCUT2D eigenvalue weighted by Crippen LogP contribution is -2.43. The van der Waals surface area contributed by atoms with Gasteiger partial charge in [-0.3, -0.25) is 0 Å². The molecule has 3 rings (SSSR count). The lowest BCUT2D eigenvalue weighted by Gasteiger charge is -2.37. The molecule has 1 saturated carbocycles. The van der Waals surface area contributed by atoms with Gasteiger partial charge in [0, 0.05) is 18.5 Å². The SMILES string of the molecule is CCc1ncnc(N2CCC[C@@H]2[C@H]2CCCC[C@@H]2O)c1F. The van der Waals surface area contributed by atoms with Crippen LogP contribution in [-0.2, 0) is 6.42 Å². The topological polar surface area (TPSA) is 49.2 Å². The monoisotopic (exact) mass is 293 g/mol. The van der Waals surface area contributed by atoms with E-state index in [4.69, 9.17) is 0 Å². The molecule has 3 atom stereocenters. The third-order valence-corrected chi connectivity index (χ3v) is 5.03. The number of aliphatic hydroxyl groups is 1. The molecule has 0 bridgehead atoms. The average molecular weight is 293 g/mol. The van der Waals surface area contributed by atoms with Crippen LogP contribution in [0.1, 0.15) is 51.1 Å². The first-order valence-electron chi connectivity index (χ1n) is 8.16. The van der Waals surface area contributed by atoms with E-state index < -0.39 is 0 Å². The number of aliphatic hydroxyl groups excluding tert-OH is 1. The summed E-state index contributed by atoms with van der Waals surface area (Å²) in [7, 11) is 0. The molecular formula is C16H24FN3O. The summed E-state index contributed by atoms with van der Waals surface area (Å²) in [6.07, 6.45) is 8.03. The van der Waals surface area contributed by atoms with Crippen LogP contribution >= 0.6 is 0 Å². The molecule has 0 radical (unpaired) electrons. The minimum Gasteiger partial charge on any atom is -0.393 e. The lowest BCUT2D eigenvalue weighted by atomic mass is 9.80. The first-order chi connectivity index (χ1) is 10.2. The van der Waals surface area contributed by atoms with Gasteiger partial charge >= 0.3 is 0 Å². The van der Waals surface area contributed by atoms with E-state index >= 15 is 0 Å². The van der Waals surface area contributed by atoms with E-state index in [1.165, 1.54) is 12.7 Å². The number of nitrogens with zero attached hydrogens (tertiary/aromatic N) is 3. The van der Waals surface area contributed by atoms with Crippen molar-refractivity contribution in [2.24, 2.45) is 5.92 Å². The molecule has 2 fully saturated rings. The largest absolute Gasteiger partial charge is 0.393 e. The van der Waals surface area contributed by atoms with Crippen LogP contribution in [0.5, 0.6) is 0 Å². The van der Waals surface area contributed by atoms with Gasteiger partial charge in [-0.15, -0.1) is 0 Å². The highest BCUT2D eigenvalue weighted by atomic mass is 19.1. The maximum absolute atomic E-state index is 14.5. The zero-order chi connectivity index (χ0) is 14.8. The van der Waals surface area contributed by atoms with Crippen molar-refractivity contribution in [3.05, 3.63) is 17.8 Å². The Kier molecular flexibility index (Phi) is 4.38. The van der Waals surface area contributed by atoms with Crippen LogP contribution in [0.25, 0.3) is 0 Å². The van der Waals surface area contributed by atoms with Crippen molar-refractivity contribution in [1.82, 2.24) is 9.97 Å². The molecule has 1 aliphatic carbocycles. The van der Waals surface area contributed by atoms with E-state index in [0.29, 0.717) is 17.9 Å². The molecule has 4 nitrogen and oxygen atoms in total. The van der Waals surface area contributed by atoms with Gasteiger partial charge in [0.1, 0.15) is 6.33 Å². The van der Waals surface area contributed by atoms with Crippen LogP contribution in [0.2, 0.25) is 0 Å². The second kappa shape index (κ2) is 6.26. The van der Waals surface area contributed by atoms with Crippen LogP contribution in [0.15, 0.2) is 6.33 Å². The number of halogens is 1. The highest BCUT2D eigenvalue weighted by molar-refractivity contribution is 5.43. The van der Waals surface area contributed by atoms with Gasteiger partial charge in [0.2, 0.25) is 0 Å². The Morgan fingerprint density at radius 1 is 1.24 bits per heavy atom. The Morgan fingerprint density at radius 2 is 2.05 bits per heavy atom. The Morgan fingerprint density at radius 3 is 2.81 bits per heavy atom. The second-order valence-corrected chi connectivity index (χ2v) is 6.23. The third kappa shape index (κ3) is 2.76. The standard InChI is InChI=1S/C16H24FN3O/c1-2-12-15(17)16(19-10-18-12)20-9-5-7-13(20)11-6-3-4-8-14(11)21/h10-11,13-14,21H,2-9H2,1H3/t11-,13-,14+/m1/s1. The zero-order valence-electron chi connectivity index (χ0n) is 12.6. The van der Waals surface area contributed by atoms with Crippen LogP contribution < -0.4 is 4.90 Å². The van der Waals surface area contributed by atoms with E-state index in [1.54, 1.807) is 0 Å². The van der Waals surface area contributed by atoms with Gasteiger partial charge in [-0.1, -0.05) is 19.8 Å². The quantitative estimate of drug-likeness (QED) is 0.931. The van der Waals surface area contributed by atoms with Crippen LogP contribution in [0.3, 0.4) is 0 Å². The average Bonchev–Trinajstić information content (AvgIpc) is 2.97. The second-order valence-electron chi connectivity index (χ2n) is 6.23. The van der Waals surface area contributed by atoms with Crippen molar-refractivity contribution in [2.45, 2.75) is 64.0 Å². The summed E-state index contributed by atoms with van der Waals surface area (Å²) in [6, 6.07) is 0.217. The molecule has 0 amide bonds. The number of hydrogen-bond donors (Lipinski definition) is 1. The van der Waals surface area contributed by atoms with E-state index in [0.717, 1.165) is 38.6 Å². The highest BCUT2D eigenvalue weighted by Crippen LogP contribution is 2.37. The fraction of sp³-hybridized carbons (Fsp3) is 0.750. The van der Waals surface area contributed by atoms with Crippen molar-refractivity contribution in [1.29, 1.82) is 0 Å². The van der Waals surface area contributed by atoms with Crippen molar-refractivity contribution < 1.29 is 9.50 Å².